The molecule has 0 aliphatic heterocycles. The Morgan fingerprint density at radius 1 is 0.846 bits per heavy atom. The van der Waals surface area contributed by atoms with Crippen LogP contribution in [0.25, 0.3) is 11.1 Å². The Hall–Kier alpha value is -2.46. The number of hydrogen-bond donors (Lipinski definition) is 0. The summed E-state index contributed by atoms with van der Waals surface area (Å²) in [5, 5.41) is 0. The molecular formula is C22H27NO3. The zero-order valence-corrected chi connectivity index (χ0v) is 15.6. The van der Waals surface area contributed by atoms with Crippen molar-refractivity contribution in [3.8, 4) is 11.1 Å². The van der Waals surface area contributed by atoms with Crippen LogP contribution in [0.15, 0.2) is 54.6 Å². The Kier molecular flexibility index (Phi) is 8.03. The molecule has 0 saturated carbocycles. The summed E-state index contributed by atoms with van der Waals surface area (Å²) < 4.78 is 5.21. The van der Waals surface area contributed by atoms with Gasteiger partial charge in [-0.05, 0) is 24.2 Å². The van der Waals surface area contributed by atoms with Gasteiger partial charge in [-0.25, -0.2) is 0 Å². The Labute approximate surface area is 155 Å². The summed E-state index contributed by atoms with van der Waals surface area (Å²) in [6, 6.07) is 17.5. The van der Waals surface area contributed by atoms with E-state index in [9.17, 15) is 9.59 Å². The molecule has 2 aromatic rings. The van der Waals surface area contributed by atoms with Gasteiger partial charge in [-0.15, -0.1) is 0 Å². The molecule has 0 bridgehead atoms. The lowest BCUT2D eigenvalue weighted by Crippen LogP contribution is -2.27. The standard InChI is InChI=1S/C22H27NO3/c1-3-23(4-2)16-17-26-22(25)15-14-21(24)20-12-10-19(11-13-20)18-8-6-5-7-9-18/h5-13H,3-4,14-17H2,1-2H3. The number of carbonyl (C=O) groups excluding carboxylic acids is 2. The molecule has 0 aliphatic carbocycles. The molecule has 2 aromatic carbocycles. The number of nitrogens with zero attached hydrogens (tertiary/aromatic N) is 1. The lowest BCUT2D eigenvalue weighted by molar-refractivity contribution is -0.144. The molecular weight excluding hydrogens is 326 g/mol. The average Bonchev–Trinajstić information content (AvgIpc) is 2.70. The van der Waals surface area contributed by atoms with Crippen LogP contribution in [0.5, 0.6) is 0 Å². The van der Waals surface area contributed by atoms with Crippen molar-refractivity contribution in [1.82, 2.24) is 4.90 Å². The number of likely N-dealkylation sites (N-methyl/N-ethyl adjacent to an activating group) is 1. The number of Topliss-reactive ketones (excluding diaryl/α,β-unsaturated/α-hetero) is 1. The molecule has 0 aliphatic rings. The van der Waals surface area contributed by atoms with Crippen molar-refractivity contribution in [3.05, 3.63) is 60.2 Å². The minimum absolute atomic E-state index is 0.0368. The van der Waals surface area contributed by atoms with Crippen LogP contribution < -0.4 is 0 Å². The molecule has 26 heavy (non-hydrogen) atoms. The maximum Gasteiger partial charge on any atom is 0.306 e. The molecule has 4 nitrogen and oxygen atoms in total. The third-order valence-electron chi connectivity index (χ3n) is 4.44. The first-order valence-electron chi connectivity index (χ1n) is 9.20. The van der Waals surface area contributed by atoms with E-state index in [0.717, 1.165) is 30.8 Å². The van der Waals surface area contributed by atoms with Gasteiger partial charge in [0.05, 0.1) is 6.42 Å². The van der Waals surface area contributed by atoms with Crippen LogP contribution in [-0.4, -0.2) is 42.9 Å². The third-order valence-corrected chi connectivity index (χ3v) is 4.44. The third kappa shape index (κ3) is 6.12. The van der Waals surface area contributed by atoms with Crippen molar-refractivity contribution in [2.75, 3.05) is 26.2 Å². The summed E-state index contributed by atoms with van der Waals surface area (Å²) in [6.07, 6.45) is 0.298. The SMILES string of the molecule is CCN(CC)CCOC(=O)CCC(=O)c1ccc(-c2ccccc2)cc1. The lowest BCUT2D eigenvalue weighted by atomic mass is 10.0. The van der Waals surface area contributed by atoms with E-state index in [1.54, 1.807) is 0 Å². The van der Waals surface area contributed by atoms with Gasteiger partial charge in [0.15, 0.2) is 5.78 Å². The number of ketones is 1. The highest BCUT2D eigenvalue weighted by Crippen LogP contribution is 2.19. The monoisotopic (exact) mass is 353 g/mol. The van der Waals surface area contributed by atoms with Crippen molar-refractivity contribution >= 4 is 11.8 Å². The van der Waals surface area contributed by atoms with Crippen LogP contribution >= 0.6 is 0 Å². The van der Waals surface area contributed by atoms with Crippen molar-refractivity contribution < 1.29 is 14.3 Å². The van der Waals surface area contributed by atoms with Crippen molar-refractivity contribution in [2.24, 2.45) is 0 Å². The highest BCUT2D eigenvalue weighted by molar-refractivity contribution is 5.97. The van der Waals surface area contributed by atoms with Gasteiger partial charge in [0, 0.05) is 18.5 Å². The second-order valence-electron chi connectivity index (χ2n) is 6.11. The zero-order chi connectivity index (χ0) is 18.8. The summed E-state index contributed by atoms with van der Waals surface area (Å²) in [6.45, 7) is 7.13. The molecule has 0 saturated heterocycles. The Morgan fingerprint density at radius 3 is 2.08 bits per heavy atom. The van der Waals surface area contributed by atoms with E-state index in [1.807, 2.05) is 54.6 Å². The molecule has 0 fully saturated rings. The number of ether oxygens (including phenoxy) is 1. The molecule has 0 heterocycles. The van der Waals surface area contributed by atoms with Gasteiger partial charge in [0.2, 0.25) is 0 Å². The predicted molar refractivity (Wildman–Crippen MR) is 104 cm³/mol. The Balaban J connectivity index is 1.78. The van der Waals surface area contributed by atoms with Gasteiger partial charge in [0.25, 0.3) is 0 Å². The highest BCUT2D eigenvalue weighted by Gasteiger charge is 2.11. The second-order valence-corrected chi connectivity index (χ2v) is 6.11. The molecule has 0 amide bonds. The largest absolute Gasteiger partial charge is 0.464 e. The molecule has 0 radical (unpaired) electrons. The van der Waals surface area contributed by atoms with Crippen LogP contribution in [0.1, 0.15) is 37.0 Å². The van der Waals surface area contributed by atoms with Crippen LogP contribution in [0.4, 0.5) is 0 Å². The summed E-state index contributed by atoms with van der Waals surface area (Å²) in [5.74, 6) is -0.350. The fourth-order valence-corrected chi connectivity index (χ4v) is 2.74. The highest BCUT2D eigenvalue weighted by atomic mass is 16.5. The fourth-order valence-electron chi connectivity index (χ4n) is 2.74. The molecule has 0 aromatic heterocycles. The number of carbonyl (C=O) groups is 2. The Morgan fingerprint density at radius 2 is 1.46 bits per heavy atom. The van der Waals surface area contributed by atoms with Gasteiger partial charge in [0.1, 0.15) is 6.61 Å². The van der Waals surface area contributed by atoms with E-state index in [4.69, 9.17) is 4.74 Å². The first kappa shape index (κ1) is 19.9. The van der Waals surface area contributed by atoms with E-state index in [2.05, 4.69) is 18.7 Å². The predicted octanol–water partition coefficient (Wildman–Crippen LogP) is 4.20. The first-order valence-corrected chi connectivity index (χ1v) is 9.20. The van der Waals surface area contributed by atoms with Crippen LogP contribution in [-0.2, 0) is 9.53 Å². The van der Waals surface area contributed by atoms with Crippen molar-refractivity contribution in [1.29, 1.82) is 0 Å². The van der Waals surface area contributed by atoms with Crippen molar-refractivity contribution in [3.63, 3.8) is 0 Å². The van der Waals surface area contributed by atoms with Gasteiger partial charge in [-0.3, -0.25) is 9.59 Å². The maximum atomic E-state index is 12.3. The summed E-state index contributed by atoms with van der Waals surface area (Å²) in [7, 11) is 0. The first-order chi connectivity index (χ1) is 12.6. The van der Waals surface area contributed by atoms with Gasteiger partial charge in [-0.2, -0.15) is 0 Å². The normalized spacial score (nSPS) is 10.7. The lowest BCUT2D eigenvalue weighted by Gasteiger charge is -2.17. The van der Waals surface area contributed by atoms with E-state index >= 15 is 0 Å². The van der Waals surface area contributed by atoms with Crippen LogP contribution in [0.3, 0.4) is 0 Å². The molecule has 0 spiro atoms. The fraction of sp³-hybridized carbons (Fsp3) is 0.364. The summed E-state index contributed by atoms with van der Waals surface area (Å²) >= 11 is 0. The smallest absolute Gasteiger partial charge is 0.306 e. The second kappa shape index (κ2) is 10.5. The number of hydrogen-bond acceptors (Lipinski definition) is 4. The minimum atomic E-state index is -0.314. The van der Waals surface area contributed by atoms with E-state index in [-0.39, 0.29) is 24.6 Å². The number of benzene rings is 2. The van der Waals surface area contributed by atoms with Crippen LogP contribution in [0, 0.1) is 0 Å². The maximum absolute atomic E-state index is 12.3. The van der Waals surface area contributed by atoms with Crippen LogP contribution in [0.2, 0.25) is 0 Å². The topological polar surface area (TPSA) is 46.6 Å². The van der Waals surface area contributed by atoms with E-state index in [0.29, 0.717) is 12.2 Å². The molecule has 138 valence electrons. The molecule has 0 atom stereocenters. The van der Waals surface area contributed by atoms with E-state index < -0.39 is 0 Å². The summed E-state index contributed by atoms with van der Waals surface area (Å²) in [4.78, 5) is 26.2. The summed E-state index contributed by atoms with van der Waals surface area (Å²) in [5.41, 5.74) is 2.81. The minimum Gasteiger partial charge on any atom is -0.464 e. The number of rotatable bonds is 10. The molecule has 0 N–H and O–H groups in total. The Bertz CT molecular complexity index is 691. The molecule has 2 rings (SSSR count). The average molecular weight is 353 g/mol. The van der Waals surface area contributed by atoms with Gasteiger partial charge >= 0.3 is 5.97 Å². The van der Waals surface area contributed by atoms with Gasteiger partial charge in [-0.1, -0.05) is 68.4 Å². The molecule has 4 heteroatoms. The number of esters is 1. The van der Waals surface area contributed by atoms with Crippen molar-refractivity contribution in [2.45, 2.75) is 26.7 Å². The van der Waals surface area contributed by atoms with Gasteiger partial charge < -0.3 is 9.64 Å². The zero-order valence-electron chi connectivity index (χ0n) is 15.6. The molecule has 0 unspecified atom stereocenters. The quantitative estimate of drug-likeness (QED) is 0.474. The van der Waals surface area contributed by atoms with E-state index in [1.165, 1.54) is 0 Å².